The molecule has 0 unspecified atom stereocenters. The Balaban J connectivity index is 1.73. The van der Waals surface area contributed by atoms with E-state index in [0.29, 0.717) is 18.9 Å². The Hall–Kier alpha value is -1.92. The van der Waals surface area contributed by atoms with Gasteiger partial charge in [0.2, 0.25) is 5.91 Å². The lowest BCUT2D eigenvalue weighted by molar-refractivity contribution is -0.137. The number of likely N-dealkylation sites (N-methyl/N-ethyl adjacent to an activating group) is 1. The minimum atomic E-state index is -0.776. The molecule has 1 saturated carbocycles. The van der Waals surface area contributed by atoms with Crippen LogP contribution in [0.1, 0.15) is 37.8 Å². The van der Waals surface area contributed by atoms with Gasteiger partial charge in [-0.2, -0.15) is 0 Å². The zero-order valence-corrected chi connectivity index (χ0v) is 11.7. The van der Waals surface area contributed by atoms with Crippen molar-refractivity contribution in [2.45, 2.75) is 51.1 Å². The van der Waals surface area contributed by atoms with Crippen LogP contribution in [0, 0.1) is 0 Å². The zero-order valence-electron chi connectivity index (χ0n) is 11.7. The number of aliphatic carboxylic acids is 1. The topological polar surface area (TPSA) is 88.3 Å². The van der Waals surface area contributed by atoms with Crippen molar-refractivity contribution >= 4 is 11.9 Å². The van der Waals surface area contributed by atoms with Crippen LogP contribution in [-0.4, -0.2) is 50.0 Å². The van der Waals surface area contributed by atoms with Gasteiger partial charge in [0.1, 0.15) is 6.54 Å². The summed E-state index contributed by atoms with van der Waals surface area (Å²) in [5, 5.41) is 16.5. The van der Waals surface area contributed by atoms with Gasteiger partial charge >= 0.3 is 5.97 Å². The molecule has 0 saturated heterocycles. The Bertz CT molecular complexity index is 482. The number of carboxylic acids is 1. The van der Waals surface area contributed by atoms with E-state index in [9.17, 15) is 9.59 Å². The van der Waals surface area contributed by atoms with E-state index >= 15 is 0 Å². The number of carboxylic acid groups (broad SMARTS) is 1. The van der Waals surface area contributed by atoms with E-state index in [1.807, 2.05) is 7.05 Å². The van der Waals surface area contributed by atoms with E-state index in [2.05, 4.69) is 10.3 Å². The Morgan fingerprint density at radius 2 is 2.20 bits per heavy atom. The van der Waals surface area contributed by atoms with Gasteiger partial charge in [0.15, 0.2) is 0 Å². The molecule has 110 valence electrons. The highest BCUT2D eigenvalue weighted by Crippen LogP contribution is 2.25. The molecule has 7 heteroatoms. The molecule has 0 spiro atoms. The highest BCUT2D eigenvalue weighted by Gasteiger charge is 2.29. The molecule has 1 aliphatic rings. The van der Waals surface area contributed by atoms with Gasteiger partial charge < -0.3 is 10.0 Å². The Morgan fingerprint density at radius 3 is 2.85 bits per heavy atom. The fourth-order valence-electron chi connectivity index (χ4n) is 2.03. The summed E-state index contributed by atoms with van der Waals surface area (Å²) in [6.07, 6.45) is 6.22. The van der Waals surface area contributed by atoms with E-state index in [-0.39, 0.29) is 18.9 Å². The lowest BCUT2D eigenvalue weighted by Gasteiger charge is -2.15. The van der Waals surface area contributed by atoms with Crippen LogP contribution >= 0.6 is 0 Å². The average molecular weight is 280 g/mol. The minimum absolute atomic E-state index is 0.0508. The van der Waals surface area contributed by atoms with Crippen molar-refractivity contribution in [2.75, 3.05) is 7.05 Å². The molecular weight excluding hydrogens is 260 g/mol. The fraction of sp³-hybridized carbons (Fsp3) is 0.692. The van der Waals surface area contributed by atoms with Gasteiger partial charge in [-0.3, -0.25) is 9.59 Å². The highest BCUT2D eigenvalue weighted by molar-refractivity contribution is 5.76. The van der Waals surface area contributed by atoms with Crippen LogP contribution in [0.4, 0.5) is 0 Å². The van der Waals surface area contributed by atoms with Gasteiger partial charge in [0.05, 0.1) is 5.69 Å². The summed E-state index contributed by atoms with van der Waals surface area (Å²) in [6, 6.07) is 0.404. The van der Waals surface area contributed by atoms with Gasteiger partial charge in [-0.25, -0.2) is 4.68 Å². The maximum atomic E-state index is 11.9. The first-order valence-corrected chi connectivity index (χ1v) is 6.92. The standard InChI is InChI=1S/C13H20N4O3/c1-16(11-6-7-11)12(18)9-17-8-10(14-15-17)4-2-3-5-13(19)20/h8,11H,2-7,9H2,1H3,(H,19,20). The molecule has 0 aliphatic heterocycles. The van der Waals surface area contributed by atoms with E-state index in [1.54, 1.807) is 15.8 Å². The molecule has 1 aromatic heterocycles. The molecule has 0 aromatic carbocycles. The number of nitrogens with zero attached hydrogens (tertiary/aromatic N) is 4. The van der Waals surface area contributed by atoms with E-state index in [1.165, 1.54) is 0 Å². The fourth-order valence-corrected chi connectivity index (χ4v) is 2.03. The molecule has 2 rings (SSSR count). The molecule has 1 aromatic rings. The lowest BCUT2D eigenvalue weighted by atomic mass is 10.1. The number of hydrogen-bond donors (Lipinski definition) is 1. The zero-order chi connectivity index (χ0) is 14.5. The Kier molecular flexibility index (Phi) is 4.70. The van der Waals surface area contributed by atoms with Crippen LogP contribution in [-0.2, 0) is 22.6 Å². The largest absolute Gasteiger partial charge is 0.481 e. The highest BCUT2D eigenvalue weighted by atomic mass is 16.4. The van der Waals surface area contributed by atoms with Crippen molar-refractivity contribution in [2.24, 2.45) is 0 Å². The number of unbranched alkanes of at least 4 members (excludes halogenated alkanes) is 1. The summed E-state index contributed by atoms with van der Waals surface area (Å²) in [7, 11) is 1.82. The molecule has 1 amide bonds. The molecule has 0 atom stereocenters. The maximum absolute atomic E-state index is 11.9. The van der Waals surface area contributed by atoms with Crippen LogP contribution in [0.15, 0.2) is 6.20 Å². The molecule has 7 nitrogen and oxygen atoms in total. The summed E-state index contributed by atoms with van der Waals surface area (Å²) in [5.74, 6) is -0.725. The third kappa shape index (κ3) is 4.32. The van der Waals surface area contributed by atoms with Crippen molar-refractivity contribution in [1.82, 2.24) is 19.9 Å². The summed E-state index contributed by atoms with van der Waals surface area (Å²) in [5.41, 5.74) is 0.803. The Labute approximate surface area is 117 Å². The van der Waals surface area contributed by atoms with Crippen LogP contribution in [0.5, 0.6) is 0 Å². The number of carbonyl (C=O) groups excluding carboxylic acids is 1. The predicted molar refractivity (Wildman–Crippen MR) is 71.0 cm³/mol. The molecule has 1 aliphatic carbocycles. The first kappa shape index (κ1) is 14.5. The molecular formula is C13H20N4O3. The van der Waals surface area contributed by atoms with Crippen molar-refractivity contribution in [1.29, 1.82) is 0 Å². The third-order valence-corrected chi connectivity index (χ3v) is 3.44. The van der Waals surface area contributed by atoms with Gasteiger partial charge in [-0.15, -0.1) is 5.10 Å². The Morgan fingerprint density at radius 1 is 1.45 bits per heavy atom. The molecule has 1 fully saturated rings. The van der Waals surface area contributed by atoms with Crippen LogP contribution in [0.25, 0.3) is 0 Å². The smallest absolute Gasteiger partial charge is 0.303 e. The van der Waals surface area contributed by atoms with Crippen molar-refractivity contribution < 1.29 is 14.7 Å². The number of carbonyl (C=O) groups is 2. The normalized spacial score (nSPS) is 14.2. The number of rotatable bonds is 8. The minimum Gasteiger partial charge on any atom is -0.481 e. The van der Waals surface area contributed by atoms with Gasteiger partial charge in [0.25, 0.3) is 0 Å². The number of aryl methyl sites for hydroxylation is 1. The van der Waals surface area contributed by atoms with E-state index in [0.717, 1.165) is 25.0 Å². The lowest BCUT2D eigenvalue weighted by Crippen LogP contribution is -2.32. The molecule has 0 bridgehead atoms. The van der Waals surface area contributed by atoms with Crippen LogP contribution in [0.3, 0.4) is 0 Å². The molecule has 0 radical (unpaired) electrons. The maximum Gasteiger partial charge on any atom is 0.303 e. The summed E-state index contributed by atoms with van der Waals surface area (Å²) >= 11 is 0. The summed E-state index contributed by atoms with van der Waals surface area (Å²) in [6.45, 7) is 0.217. The number of aromatic nitrogens is 3. The van der Waals surface area contributed by atoms with Crippen molar-refractivity contribution in [3.05, 3.63) is 11.9 Å². The second kappa shape index (κ2) is 6.49. The van der Waals surface area contributed by atoms with Crippen molar-refractivity contribution in [3.8, 4) is 0 Å². The first-order valence-electron chi connectivity index (χ1n) is 6.92. The number of hydrogen-bond acceptors (Lipinski definition) is 4. The summed E-state index contributed by atoms with van der Waals surface area (Å²) < 4.78 is 1.55. The summed E-state index contributed by atoms with van der Waals surface area (Å²) in [4.78, 5) is 24.1. The molecule has 1 N–H and O–H groups in total. The van der Waals surface area contributed by atoms with E-state index in [4.69, 9.17) is 5.11 Å². The predicted octanol–water partition coefficient (Wildman–Crippen LogP) is 0.696. The average Bonchev–Trinajstić information content (AvgIpc) is 3.15. The van der Waals surface area contributed by atoms with Gasteiger partial charge in [-0.1, -0.05) is 5.21 Å². The van der Waals surface area contributed by atoms with Crippen molar-refractivity contribution in [3.63, 3.8) is 0 Å². The SMILES string of the molecule is CN(C(=O)Cn1cc(CCCCC(=O)O)nn1)C1CC1. The molecule has 1 heterocycles. The van der Waals surface area contributed by atoms with Gasteiger partial charge in [-0.05, 0) is 32.1 Å². The first-order chi connectivity index (χ1) is 9.56. The second-order valence-corrected chi connectivity index (χ2v) is 5.24. The van der Waals surface area contributed by atoms with E-state index < -0.39 is 5.97 Å². The third-order valence-electron chi connectivity index (χ3n) is 3.44. The quantitative estimate of drug-likeness (QED) is 0.708. The molecule has 20 heavy (non-hydrogen) atoms. The van der Waals surface area contributed by atoms with Crippen LogP contribution < -0.4 is 0 Å². The van der Waals surface area contributed by atoms with Gasteiger partial charge in [0, 0.05) is 25.7 Å². The monoisotopic (exact) mass is 280 g/mol. The van der Waals surface area contributed by atoms with Crippen LogP contribution in [0.2, 0.25) is 0 Å². The second-order valence-electron chi connectivity index (χ2n) is 5.24. The number of amides is 1.